The summed E-state index contributed by atoms with van der Waals surface area (Å²) in [7, 11) is 2.26. The van der Waals surface area contributed by atoms with Crippen molar-refractivity contribution in [1.29, 1.82) is 0 Å². The Bertz CT molecular complexity index is 278. The van der Waals surface area contributed by atoms with Crippen LogP contribution in [-0.4, -0.2) is 59.8 Å². The minimum absolute atomic E-state index is 0.259. The molecule has 0 amide bonds. The molecule has 0 aromatic carbocycles. The first-order chi connectivity index (χ1) is 7.72. The number of ether oxygens (including phenoxy) is 1. The van der Waals surface area contributed by atoms with E-state index in [4.69, 9.17) is 4.74 Å². The molecule has 0 unspecified atom stereocenters. The maximum Gasteiger partial charge on any atom is 0.0645 e. The minimum atomic E-state index is 0.259. The SMILES string of the molecule is CN(C1COC1)[C@H]1CN(C(C)(C)C)C(C)(C)C1. The Kier molecular flexibility index (Phi) is 3.30. The van der Waals surface area contributed by atoms with E-state index in [1.54, 1.807) is 0 Å². The van der Waals surface area contributed by atoms with E-state index in [0.29, 0.717) is 17.6 Å². The summed E-state index contributed by atoms with van der Waals surface area (Å²) in [5.41, 5.74) is 0.566. The highest BCUT2D eigenvalue weighted by atomic mass is 16.5. The molecule has 3 heteroatoms. The third-order valence-corrected chi connectivity index (χ3v) is 4.44. The lowest BCUT2D eigenvalue weighted by atomic mass is 9.95. The van der Waals surface area contributed by atoms with Crippen LogP contribution in [0.5, 0.6) is 0 Å². The van der Waals surface area contributed by atoms with E-state index in [2.05, 4.69) is 51.5 Å². The maximum absolute atomic E-state index is 5.31. The van der Waals surface area contributed by atoms with Crippen molar-refractivity contribution in [3.63, 3.8) is 0 Å². The van der Waals surface area contributed by atoms with Gasteiger partial charge in [0.05, 0.1) is 19.3 Å². The predicted molar refractivity (Wildman–Crippen MR) is 71.3 cm³/mol. The second-order valence-corrected chi connectivity index (χ2v) is 7.31. The summed E-state index contributed by atoms with van der Waals surface area (Å²) in [6.45, 7) is 14.7. The zero-order valence-corrected chi connectivity index (χ0v) is 12.3. The smallest absolute Gasteiger partial charge is 0.0645 e. The lowest BCUT2D eigenvalue weighted by Crippen LogP contribution is -2.53. The highest BCUT2D eigenvalue weighted by Crippen LogP contribution is 2.37. The van der Waals surface area contributed by atoms with Crippen LogP contribution in [0, 0.1) is 0 Å². The van der Waals surface area contributed by atoms with Crippen molar-refractivity contribution in [2.24, 2.45) is 0 Å². The first-order valence-electron chi connectivity index (χ1n) is 6.79. The molecule has 0 spiro atoms. The molecule has 100 valence electrons. The standard InChI is InChI=1S/C14H28N2O/c1-13(2,3)16-8-11(7-14(16,4)5)15(6)12-9-17-10-12/h11-12H,7-10H2,1-6H3/t11-/m1/s1. The van der Waals surface area contributed by atoms with Crippen molar-refractivity contribution < 1.29 is 4.74 Å². The number of nitrogens with zero attached hydrogens (tertiary/aromatic N) is 2. The van der Waals surface area contributed by atoms with Crippen LogP contribution in [0.3, 0.4) is 0 Å². The fraction of sp³-hybridized carbons (Fsp3) is 1.00. The van der Waals surface area contributed by atoms with Gasteiger partial charge in [-0.05, 0) is 48.1 Å². The summed E-state index contributed by atoms with van der Waals surface area (Å²) >= 11 is 0. The molecule has 2 aliphatic heterocycles. The van der Waals surface area contributed by atoms with Crippen LogP contribution in [0.1, 0.15) is 41.0 Å². The van der Waals surface area contributed by atoms with E-state index in [-0.39, 0.29) is 5.54 Å². The summed E-state index contributed by atoms with van der Waals surface area (Å²) < 4.78 is 5.31. The Morgan fingerprint density at radius 3 is 2.12 bits per heavy atom. The van der Waals surface area contributed by atoms with Gasteiger partial charge in [-0.25, -0.2) is 0 Å². The second-order valence-electron chi connectivity index (χ2n) is 7.31. The monoisotopic (exact) mass is 240 g/mol. The number of hydrogen-bond acceptors (Lipinski definition) is 3. The van der Waals surface area contributed by atoms with Crippen LogP contribution in [-0.2, 0) is 4.74 Å². The van der Waals surface area contributed by atoms with Crippen molar-refractivity contribution >= 4 is 0 Å². The quantitative estimate of drug-likeness (QED) is 0.734. The van der Waals surface area contributed by atoms with Gasteiger partial charge in [-0.3, -0.25) is 9.80 Å². The van der Waals surface area contributed by atoms with Gasteiger partial charge >= 0.3 is 0 Å². The van der Waals surface area contributed by atoms with Crippen LogP contribution in [0.25, 0.3) is 0 Å². The Labute approximate surface area is 106 Å². The van der Waals surface area contributed by atoms with Gasteiger partial charge in [0.15, 0.2) is 0 Å². The third kappa shape index (κ3) is 2.51. The molecule has 2 heterocycles. The summed E-state index contributed by atoms with van der Waals surface area (Å²) in [4.78, 5) is 5.19. The molecule has 0 aliphatic carbocycles. The molecule has 1 atom stereocenters. The molecule has 2 aliphatic rings. The van der Waals surface area contributed by atoms with Crippen molar-refractivity contribution in [3.05, 3.63) is 0 Å². The van der Waals surface area contributed by atoms with Crippen LogP contribution in [0.2, 0.25) is 0 Å². The summed E-state index contributed by atoms with van der Waals surface area (Å²) in [5, 5.41) is 0. The van der Waals surface area contributed by atoms with Gasteiger partial charge in [0.25, 0.3) is 0 Å². The molecular weight excluding hydrogens is 212 g/mol. The fourth-order valence-electron chi connectivity index (χ4n) is 3.42. The largest absolute Gasteiger partial charge is 0.378 e. The van der Waals surface area contributed by atoms with Gasteiger partial charge in [-0.2, -0.15) is 0 Å². The Balaban J connectivity index is 2.04. The summed E-state index contributed by atoms with van der Waals surface area (Å²) in [5.74, 6) is 0. The van der Waals surface area contributed by atoms with Crippen molar-refractivity contribution in [2.45, 2.75) is 64.2 Å². The molecule has 3 nitrogen and oxygen atoms in total. The van der Waals surface area contributed by atoms with Gasteiger partial charge in [0.1, 0.15) is 0 Å². The van der Waals surface area contributed by atoms with E-state index < -0.39 is 0 Å². The molecule has 2 fully saturated rings. The fourth-order valence-corrected chi connectivity index (χ4v) is 3.42. The zero-order valence-electron chi connectivity index (χ0n) is 12.3. The van der Waals surface area contributed by atoms with Crippen molar-refractivity contribution in [2.75, 3.05) is 26.8 Å². The van der Waals surface area contributed by atoms with Crippen molar-refractivity contribution in [1.82, 2.24) is 9.80 Å². The topological polar surface area (TPSA) is 15.7 Å². The van der Waals surface area contributed by atoms with Gasteiger partial charge in [-0.1, -0.05) is 0 Å². The first kappa shape index (κ1) is 13.3. The number of rotatable bonds is 2. The molecule has 0 aromatic heterocycles. The molecule has 0 N–H and O–H groups in total. The molecule has 0 saturated carbocycles. The zero-order chi connectivity index (χ0) is 12.8. The normalized spacial score (nSPS) is 30.9. The Morgan fingerprint density at radius 1 is 1.18 bits per heavy atom. The Hall–Kier alpha value is -0.120. The summed E-state index contributed by atoms with van der Waals surface area (Å²) in [6, 6.07) is 1.33. The first-order valence-corrected chi connectivity index (χ1v) is 6.79. The highest BCUT2D eigenvalue weighted by Gasteiger charge is 2.46. The molecule has 17 heavy (non-hydrogen) atoms. The van der Waals surface area contributed by atoms with Crippen LogP contribution >= 0.6 is 0 Å². The van der Waals surface area contributed by atoms with Crippen LogP contribution < -0.4 is 0 Å². The van der Waals surface area contributed by atoms with E-state index in [9.17, 15) is 0 Å². The lowest BCUT2D eigenvalue weighted by Gasteiger charge is -2.42. The van der Waals surface area contributed by atoms with Gasteiger partial charge in [-0.15, -0.1) is 0 Å². The minimum Gasteiger partial charge on any atom is -0.378 e. The molecule has 2 saturated heterocycles. The number of hydrogen-bond donors (Lipinski definition) is 0. The molecular formula is C14H28N2O. The maximum atomic E-state index is 5.31. The van der Waals surface area contributed by atoms with E-state index in [0.717, 1.165) is 13.2 Å². The van der Waals surface area contributed by atoms with Gasteiger partial charge < -0.3 is 4.74 Å². The van der Waals surface area contributed by atoms with E-state index in [1.165, 1.54) is 13.0 Å². The van der Waals surface area contributed by atoms with Crippen LogP contribution in [0.15, 0.2) is 0 Å². The average molecular weight is 240 g/mol. The van der Waals surface area contributed by atoms with E-state index >= 15 is 0 Å². The number of likely N-dealkylation sites (tertiary alicyclic amines) is 1. The van der Waals surface area contributed by atoms with Crippen molar-refractivity contribution in [3.8, 4) is 0 Å². The van der Waals surface area contributed by atoms with E-state index in [1.807, 2.05) is 0 Å². The summed E-state index contributed by atoms with van der Waals surface area (Å²) in [6.07, 6.45) is 1.26. The average Bonchev–Trinajstić information content (AvgIpc) is 2.37. The van der Waals surface area contributed by atoms with Gasteiger partial charge in [0.2, 0.25) is 0 Å². The molecule has 0 radical (unpaired) electrons. The number of likely N-dealkylation sites (N-methyl/N-ethyl adjacent to an activating group) is 1. The predicted octanol–water partition coefficient (Wildman–Crippen LogP) is 1.97. The Morgan fingerprint density at radius 2 is 1.76 bits per heavy atom. The highest BCUT2D eigenvalue weighted by molar-refractivity contribution is 5.02. The molecule has 2 rings (SSSR count). The van der Waals surface area contributed by atoms with Crippen LogP contribution in [0.4, 0.5) is 0 Å². The third-order valence-electron chi connectivity index (χ3n) is 4.44. The molecule has 0 bridgehead atoms. The second kappa shape index (κ2) is 4.22. The van der Waals surface area contributed by atoms with Gasteiger partial charge in [0, 0.05) is 23.7 Å². The molecule has 0 aromatic rings. The lowest BCUT2D eigenvalue weighted by molar-refractivity contribution is -0.0685.